The van der Waals surface area contributed by atoms with Crippen molar-refractivity contribution in [2.45, 2.75) is 118 Å². The number of hydrogen-bond donors (Lipinski definition) is 3. The van der Waals surface area contributed by atoms with Crippen LogP contribution < -0.4 is 11.5 Å². The monoisotopic (exact) mass is 683 g/mol. The highest BCUT2D eigenvalue weighted by molar-refractivity contribution is 5.95. The number of amides is 3. The molecule has 8 saturated carbocycles. The molecule has 49 heavy (non-hydrogen) atoms. The van der Waals surface area contributed by atoms with E-state index in [9.17, 15) is 19.2 Å². The van der Waals surface area contributed by atoms with Crippen LogP contribution in [-0.4, -0.2) is 53.1 Å². The van der Waals surface area contributed by atoms with Gasteiger partial charge in [0.15, 0.2) is 0 Å². The number of carboxylic acids is 1. The lowest BCUT2D eigenvalue weighted by molar-refractivity contribution is -0.145. The minimum atomic E-state index is -0.565. The number of cyclic esters (lactones) is 1. The van der Waals surface area contributed by atoms with Gasteiger partial charge >= 0.3 is 12.1 Å². The molecule has 9 rings (SSSR count). The second kappa shape index (κ2) is 14.8. The zero-order chi connectivity index (χ0) is 35.3. The number of carboxylic acid groups (broad SMARTS) is 1. The van der Waals surface area contributed by atoms with Crippen molar-refractivity contribution in [2.75, 3.05) is 13.2 Å². The maximum Gasteiger partial charge on any atom is 0.416 e. The highest BCUT2D eigenvalue weighted by Gasteiger charge is 2.52. The second-order valence-corrected chi connectivity index (χ2v) is 18.1. The Labute approximate surface area is 294 Å². The fraction of sp³-hybridized carbons (Fsp3) is 0.900. The molecule has 0 aromatic carbocycles. The van der Waals surface area contributed by atoms with Crippen LogP contribution in [0, 0.1) is 94.7 Å². The average molecular weight is 684 g/mol. The van der Waals surface area contributed by atoms with Gasteiger partial charge in [0.1, 0.15) is 6.61 Å². The molecule has 1 heterocycles. The Morgan fingerprint density at radius 2 is 1.06 bits per heavy atom. The van der Waals surface area contributed by atoms with Gasteiger partial charge < -0.3 is 21.3 Å². The van der Waals surface area contributed by atoms with Gasteiger partial charge in [0.05, 0.1) is 12.0 Å². The van der Waals surface area contributed by atoms with Gasteiger partial charge in [-0.3, -0.25) is 14.4 Å². The summed E-state index contributed by atoms with van der Waals surface area (Å²) < 4.78 is 4.94. The molecular formula is C40H65N3O6. The van der Waals surface area contributed by atoms with Crippen molar-refractivity contribution in [3.8, 4) is 0 Å². The number of fused-ring (bicyclic) bond motifs is 8. The third-order valence-corrected chi connectivity index (χ3v) is 16.0. The Balaban J connectivity index is 0.000000116. The molecule has 0 spiro atoms. The topological polar surface area (TPSA) is 153 Å². The Morgan fingerprint density at radius 1 is 0.653 bits per heavy atom. The Hall–Kier alpha value is -2.16. The minimum Gasteiger partial charge on any atom is -0.481 e. The van der Waals surface area contributed by atoms with Crippen LogP contribution in [0.25, 0.3) is 0 Å². The maximum atomic E-state index is 12.5. The number of aliphatic carboxylic acids is 1. The normalized spacial score (nSPS) is 47.6. The molecule has 5 N–H and O–H groups in total. The number of rotatable bonds is 4. The number of hydrogen-bond acceptors (Lipinski definition) is 6. The van der Waals surface area contributed by atoms with E-state index in [1.165, 1.54) is 69.1 Å². The summed E-state index contributed by atoms with van der Waals surface area (Å²) in [4.78, 5) is 47.2. The molecule has 3 amide bonds. The van der Waals surface area contributed by atoms with Crippen molar-refractivity contribution >= 4 is 23.9 Å². The third kappa shape index (κ3) is 6.92. The molecule has 9 heteroatoms. The maximum absolute atomic E-state index is 12.5. The predicted octanol–water partition coefficient (Wildman–Crippen LogP) is 6.57. The average Bonchev–Trinajstić information content (AvgIpc) is 3.91. The summed E-state index contributed by atoms with van der Waals surface area (Å²) in [5.41, 5.74) is 11.0. The lowest BCUT2D eigenvalue weighted by atomic mass is 9.79. The van der Waals surface area contributed by atoms with Gasteiger partial charge in [-0.2, -0.15) is 0 Å². The Bertz CT molecular complexity index is 1190. The molecule has 1 aliphatic heterocycles. The molecule has 8 aliphatic carbocycles. The van der Waals surface area contributed by atoms with E-state index in [2.05, 4.69) is 27.7 Å². The number of nitrogens with zero attached hydrogens (tertiary/aromatic N) is 1. The van der Waals surface area contributed by atoms with Crippen molar-refractivity contribution < 1.29 is 29.0 Å². The summed E-state index contributed by atoms with van der Waals surface area (Å²) >= 11 is 0. The molecule has 276 valence electrons. The van der Waals surface area contributed by atoms with E-state index in [1.54, 1.807) is 0 Å². The number of imide groups is 1. The van der Waals surface area contributed by atoms with E-state index in [0.717, 1.165) is 54.9 Å². The van der Waals surface area contributed by atoms with Gasteiger partial charge in [0, 0.05) is 11.8 Å². The van der Waals surface area contributed by atoms with Gasteiger partial charge in [-0.05, 0) is 167 Å². The third-order valence-electron chi connectivity index (χ3n) is 16.0. The van der Waals surface area contributed by atoms with E-state index < -0.39 is 12.1 Å². The molecule has 17 unspecified atom stereocenters. The lowest BCUT2D eigenvalue weighted by Gasteiger charge is -2.30. The number of primary amides is 1. The first kappa shape index (κ1) is 36.6. The van der Waals surface area contributed by atoms with Gasteiger partial charge in [0.2, 0.25) is 11.8 Å². The molecule has 8 bridgehead atoms. The number of ether oxygens (including phenoxy) is 1. The van der Waals surface area contributed by atoms with Crippen LogP contribution in [0.15, 0.2) is 0 Å². The van der Waals surface area contributed by atoms with E-state index >= 15 is 0 Å². The van der Waals surface area contributed by atoms with Gasteiger partial charge in [-0.25, -0.2) is 9.69 Å². The fourth-order valence-electron chi connectivity index (χ4n) is 13.2. The summed E-state index contributed by atoms with van der Waals surface area (Å²) in [5.74, 6) is 8.77. The van der Waals surface area contributed by atoms with Gasteiger partial charge in [0.25, 0.3) is 0 Å². The summed E-state index contributed by atoms with van der Waals surface area (Å²) in [6, 6.07) is -0.0960. The SMILES string of the molecule is CC1C2CCC(C2)C1C(=O)N1C(=O)OCC1C.CC1C2CCC(C2)C1C(=O)O.CC1C2CCC(C2)C1C(N)=O.CC1C2CCC(C2)C1CN. The zero-order valence-electron chi connectivity index (χ0n) is 30.8. The van der Waals surface area contributed by atoms with Crippen LogP contribution in [-0.2, 0) is 19.1 Å². The largest absolute Gasteiger partial charge is 0.481 e. The first-order valence-corrected chi connectivity index (χ1v) is 20.0. The molecule has 0 radical (unpaired) electrons. The summed E-state index contributed by atoms with van der Waals surface area (Å²) in [5, 5.41) is 8.91. The van der Waals surface area contributed by atoms with E-state index in [1.807, 2.05) is 6.92 Å². The smallest absolute Gasteiger partial charge is 0.416 e. The van der Waals surface area contributed by atoms with Gasteiger partial charge in [-0.15, -0.1) is 0 Å². The molecular weight excluding hydrogens is 618 g/mol. The predicted molar refractivity (Wildman–Crippen MR) is 187 cm³/mol. The van der Waals surface area contributed by atoms with Crippen LogP contribution in [0.3, 0.4) is 0 Å². The van der Waals surface area contributed by atoms with Crippen LogP contribution in [0.4, 0.5) is 4.79 Å². The molecule has 9 nitrogen and oxygen atoms in total. The van der Waals surface area contributed by atoms with Crippen LogP contribution in [0.1, 0.15) is 112 Å². The van der Waals surface area contributed by atoms with Crippen LogP contribution in [0.2, 0.25) is 0 Å². The van der Waals surface area contributed by atoms with Crippen molar-refractivity contribution in [2.24, 2.45) is 106 Å². The van der Waals surface area contributed by atoms with Crippen molar-refractivity contribution in [1.82, 2.24) is 4.90 Å². The highest BCUT2D eigenvalue weighted by atomic mass is 16.6. The van der Waals surface area contributed by atoms with Crippen molar-refractivity contribution in [3.63, 3.8) is 0 Å². The zero-order valence-corrected chi connectivity index (χ0v) is 30.8. The Morgan fingerprint density at radius 3 is 1.35 bits per heavy atom. The first-order valence-electron chi connectivity index (χ1n) is 20.0. The summed E-state index contributed by atoms with van der Waals surface area (Å²) in [6.45, 7) is 12.0. The lowest BCUT2D eigenvalue weighted by Crippen LogP contribution is -2.44. The summed E-state index contributed by atoms with van der Waals surface area (Å²) in [7, 11) is 0. The van der Waals surface area contributed by atoms with E-state index in [0.29, 0.717) is 48.0 Å². The molecule has 1 saturated heterocycles. The second-order valence-electron chi connectivity index (χ2n) is 18.1. The fourth-order valence-corrected chi connectivity index (χ4v) is 13.2. The number of nitrogens with two attached hydrogens (primary N) is 2. The van der Waals surface area contributed by atoms with Crippen molar-refractivity contribution in [3.05, 3.63) is 0 Å². The molecule has 0 aromatic rings. The molecule has 9 fully saturated rings. The molecule has 17 atom stereocenters. The first-order chi connectivity index (χ1) is 23.3. The van der Waals surface area contributed by atoms with Crippen molar-refractivity contribution in [1.29, 1.82) is 0 Å². The van der Waals surface area contributed by atoms with Crippen LogP contribution in [0.5, 0.6) is 0 Å². The van der Waals surface area contributed by atoms with E-state index in [4.69, 9.17) is 21.3 Å². The van der Waals surface area contributed by atoms with Gasteiger partial charge in [-0.1, -0.05) is 27.7 Å². The highest BCUT2D eigenvalue weighted by Crippen LogP contribution is 2.54. The molecule has 9 aliphatic rings. The Kier molecular flexibility index (Phi) is 11.1. The minimum absolute atomic E-state index is 0.0136. The standard InChI is InChI=1S/C13H19NO3.C9H15NO.C9H17N.C9H14O2/c1-7-6-17-13(16)14(7)12(15)11-8(2)9-3-4-10(11)5-9;1-5-6-2-3-7(4-6)8(5)9(10)11;1-6-7-2-3-8(4-7)9(6)5-10;1-5-6-2-3-7(4-6)8(5)9(10)11/h7-11H,3-6H2,1-2H3;5-8H,2-4H2,1H3,(H2,10,11);6-9H,2-5,10H2,1H3;5-8H,2-4H2,1H3,(H,10,11). The number of carbonyl (C=O) groups is 4. The number of carbonyl (C=O) groups excluding carboxylic acids is 3. The summed E-state index contributed by atoms with van der Waals surface area (Å²) in [6.07, 6.45) is 15.0. The van der Waals surface area contributed by atoms with E-state index in [-0.39, 0.29) is 35.6 Å². The molecule has 0 aromatic heterocycles. The van der Waals surface area contributed by atoms with Crippen LogP contribution >= 0.6 is 0 Å². The quantitative estimate of drug-likeness (QED) is 0.303.